The Hall–Kier alpha value is -1.62. The first kappa shape index (κ1) is 15.3. The van der Waals surface area contributed by atoms with Crippen molar-refractivity contribution in [3.63, 3.8) is 0 Å². The minimum atomic E-state index is -0.0647. The van der Waals surface area contributed by atoms with Crippen molar-refractivity contribution in [2.75, 3.05) is 5.32 Å². The fourth-order valence-electron chi connectivity index (χ4n) is 2.08. The molecule has 22 heavy (non-hydrogen) atoms. The third-order valence-corrected chi connectivity index (χ3v) is 4.91. The molecular formula is C16H12Cl2N2OS. The van der Waals surface area contributed by atoms with E-state index in [1.165, 1.54) is 11.3 Å². The van der Waals surface area contributed by atoms with Crippen molar-refractivity contribution >= 4 is 55.8 Å². The van der Waals surface area contributed by atoms with E-state index < -0.39 is 0 Å². The van der Waals surface area contributed by atoms with E-state index in [1.54, 1.807) is 6.07 Å². The van der Waals surface area contributed by atoms with Gasteiger partial charge >= 0.3 is 0 Å². The molecular weight excluding hydrogens is 339 g/mol. The van der Waals surface area contributed by atoms with Crippen LogP contribution >= 0.6 is 34.5 Å². The SMILES string of the molecule is O=C(CCc1ccccc1)Nc1nc2c(Cl)c(Cl)ccc2s1. The van der Waals surface area contributed by atoms with Crippen LogP contribution in [0, 0.1) is 0 Å². The van der Waals surface area contributed by atoms with Gasteiger partial charge in [-0.05, 0) is 24.1 Å². The van der Waals surface area contributed by atoms with Gasteiger partial charge in [0.25, 0.3) is 0 Å². The smallest absolute Gasteiger partial charge is 0.226 e. The maximum atomic E-state index is 12.0. The van der Waals surface area contributed by atoms with Crippen LogP contribution in [-0.4, -0.2) is 10.9 Å². The number of hydrogen-bond donors (Lipinski definition) is 1. The monoisotopic (exact) mass is 350 g/mol. The van der Waals surface area contributed by atoms with Crippen LogP contribution in [0.25, 0.3) is 10.2 Å². The Morgan fingerprint density at radius 1 is 1.14 bits per heavy atom. The largest absolute Gasteiger partial charge is 0.302 e. The summed E-state index contributed by atoms with van der Waals surface area (Å²) in [4.78, 5) is 16.3. The Labute approximate surface area is 141 Å². The molecule has 0 spiro atoms. The number of aryl methyl sites for hydroxylation is 1. The number of nitrogens with one attached hydrogen (secondary N) is 1. The molecule has 6 heteroatoms. The van der Waals surface area contributed by atoms with Gasteiger partial charge in [0.1, 0.15) is 5.52 Å². The number of halogens is 2. The van der Waals surface area contributed by atoms with Crippen LogP contribution in [0.5, 0.6) is 0 Å². The fraction of sp³-hybridized carbons (Fsp3) is 0.125. The van der Waals surface area contributed by atoms with E-state index in [9.17, 15) is 4.79 Å². The van der Waals surface area contributed by atoms with Gasteiger partial charge in [-0.15, -0.1) is 0 Å². The Bertz CT molecular complexity index is 818. The van der Waals surface area contributed by atoms with Crippen LogP contribution < -0.4 is 5.32 Å². The summed E-state index contributed by atoms with van der Waals surface area (Å²) in [6.45, 7) is 0. The molecule has 0 fully saturated rings. The summed E-state index contributed by atoms with van der Waals surface area (Å²) >= 11 is 13.5. The summed E-state index contributed by atoms with van der Waals surface area (Å²) in [5, 5.41) is 4.23. The topological polar surface area (TPSA) is 42.0 Å². The zero-order chi connectivity index (χ0) is 15.5. The summed E-state index contributed by atoms with van der Waals surface area (Å²) in [7, 11) is 0. The summed E-state index contributed by atoms with van der Waals surface area (Å²) in [5.41, 5.74) is 1.76. The van der Waals surface area contributed by atoms with Crippen molar-refractivity contribution in [1.82, 2.24) is 4.98 Å². The Kier molecular flexibility index (Phi) is 4.62. The van der Waals surface area contributed by atoms with Gasteiger partial charge in [-0.25, -0.2) is 4.98 Å². The molecule has 1 heterocycles. The molecule has 0 aliphatic carbocycles. The summed E-state index contributed by atoms with van der Waals surface area (Å²) in [5.74, 6) is -0.0647. The number of rotatable bonds is 4. The first-order valence-electron chi connectivity index (χ1n) is 6.72. The lowest BCUT2D eigenvalue weighted by molar-refractivity contribution is -0.116. The lowest BCUT2D eigenvalue weighted by atomic mass is 10.1. The normalized spacial score (nSPS) is 10.8. The van der Waals surface area contributed by atoms with Crippen molar-refractivity contribution in [3.05, 3.63) is 58.1 Å². The highest BCUT2D eigenvalue weighted by atomic mass is 35.5. The molecule has 1 amide bonds. The average molecular weight is 351 g/mol. The molecule has 0 radical (unpaired) electrons. The van der Waals surface area contributed by atoms with Gasteiger partial charge in [0.05, 0.1) is 14.7 Å². The average Bonchev–Trinajstić information content (AvgIpc) is 2.93. The highest BCUT2D eigenvalue weighted by molar-refractivity contribution is 7.22. The molecule has 2 aromatic carbocycles. The van der Waals surface area contributed by atoms with E-state index in [2.05, 4.69) is 10.3 Å². The number of benzene rings is 2. The van der Waals surface area contributed by atoms with Gasteiger partial charge in [0, 0.05) is 6.42 Å². The number of nitrogens with zero attached hydrogens (tertiary/aromatic N) is 1. The van der Waals surface area contributed by atoms with Gasteiger partial charge < -0.3 is 5.32 Å². The van der Waals surface area contributed by atoms with Crippen LogP contribution in [0.2, 0.25) is 10.0 Å². The lowest BCUT2D eigenvalue weighted by Crippen LogP contribution is -2.11. The third kappa shape index (κ3) is 3.40. The number of carbonyl (C=O) groups excluding carboxylic acids is 1. The molecule has 112 valence electrons. The Morgan fingerprint density at radius 2 is 1.91 bits per heavy atom. The van der Waals surface area contributed by atoms with Gasteiger partial charge in [-0.1, -0.05) is 64.9 Å². The number of thiazole rings is 1. The molecule has 3 nitrogen and oxygen atoms in total. The molecule has 1 N–H and O–H groups in total. The zero-order valence-corrected chi connectivity index (χ0v) is 13.8. The third-order valence-electron chi connectivity index (χ3n) is 3.18. The fourth-order valence-corrected chi connectivity index (χ4v) is 3.38. The summed E-state index contributed by atoms with van der Waals surface area (Å²) < 4.78 is 0.896. The number of fused-ring (bicyclic) bond motifs is 1. The maximum Gasteiger partial charge on any atom is 0.226 e. The molecule has 0 saturated heterocycles. The van der Waals surface area contributed by atoms with Crippen molar-refractivity contribution < 1.29 is 4.79 Å². The standard InChI is InChI=1S/C16H12Cl2N2OS/c17-11-7-8-12-15(14(11)18)20-16(22-12)19-13(21)9-6-10-4-2-1-3-5-10/h1-5,7-8H,6,9H2,(H,19,20,21). The maximum absolute atomic E-state index is 12.0. The van der Waals surface area contributed by atoms with Gasteiger partial charge in [-0.2, -0.15) is 0 Å². The second-order valence-corrected chi connectivity index (χ2v) is 6.58. The van der Waals surface area contributed by atoms with Crippen LogP contribution in [0.15, 0.2) is 42.5 Å². The molecule has 0 saturated carbocycles. The summed E-state index contributed by atoms with van der Waals surface area (Å²) in [6, 6.07) is 13.5. The van der Waals surface area contributed by atoms with E-state index in [0.717, 1.165) is 10.3 Å². The Morgan fingerprint density at radius 3 is 2.68 bits per heavy atom. The molecule has 0 aliphatic rings. The van der Waals surface area contributed by atoms with E-state index in [4.69, 9.17) is 23.2 Å². The molecule has 0 atom stereocenters. The minimum absolute atomic E-state index is 0.0647. The van der Waals surface area contributed by atoms with E-state index in [0.29, 0.717) is 33.5 Å². The Balaban J connectivity index is 1.68. The van der Waals surface area contributed by atoms with Crippen molar-refractivity contribution in [1.29, 1.82) is 0 Å². The van der Waals surface area contributed by atoms with Crippen molar-refractivity contribution in [2.45, 2.75) is 12.8 Å². The first-order chi connectivity index (χ1) is 10.6. The number of hydrogen-bond acceptors (Lipinski definition) is 3. The predicted molar refractivity (Wildman–Crippen MR) is 93.0 cm³/mol. The van der Waals surface area contributed by atoms with E-state index >= 15 is 0 Å². The van der Waals surface area contributed by atoms with Gasteiger partial charge in [0.15, 0.2) is 5.13 Å². The minimum Gasteiger partial charge on any atom is -0.302 e. The highest BCUT2D eigenvalue weighted by Gasteiger charge is 2.12. The van der Waals surface area contributed by atoms with E-state index in [1.807, 2.05) is 36.4 Å². The van der Waals surface area contributed by atoms with Crippen molar-refractivity contribution in [2.24, 2.45) is 0 Å². The van der Waals surface area contributed by atoms with Crippen LogP contribution in [0.4, 0.5) is 5.13 Å². The second-order valence-electron chi connectivity index (χ2n) is 4.76. The number of anilines is 1. The number of amides is 1. The molecule has 0 aliphatic heterocycles. The molecule has 0 bridgehead atoms. The highest BCUT2D eigenvalue weighted by Crippen LogP contribution is 2.35. The first-order valence-corrected chi connectivity index (χ1v) is 8.29. The van der Waals surface area contributed by atoms with Crippen LogP contribution in [-0.2, 0) is 11.2 Å². The van der Waals surface area contributed by atoms with E-state index in [-0.39, 0.29) is 5.91 Å². The van der Waals surface area contributed by atoms with Crippen LogP contribution in [0.1, 0.15) is 12.0 Å². The predicted octanol–water partition coefficient (Wildman–Crippen LogP) is 5.17. The van der Waals surface area contributed by atoms with Crippen molar-refractivity contribution in [3.8, 4) is 0 Å². The summed E-state index contributed by atoms with van der Waals surface area (Å²) in [6.07, 6.45) is 1.11. The van der Waals surface area contributed by atoms with Gasteiger partial charge in [-0.3, -0.25) is 4.79 Å². The number of carbonyl (C=O) groups is 1. The molecule has 3 aromatic rings. The molecule has 3 rings (SSSR count). The van der Waals surface area contributed by atoms with Gasteiger partial charge in [0.2, 0.25) is 5.91 Å². The van der Waals surface area contributed by atoms with Crippen LogP contribution in [0.3, 0.4) is 0 Å². The second kappa shape index (κ2) is 6.65. The zero-order valence-electron chi connectivity index (χ0n) is 11.5. The quantitative estimate of drug-likeness (QED) is 0.704. The lowest BCUT2D eigenvalue weighted by Gasteiger charge is -2.01. The molecule has 1 aromatic heterocycles. The number of aromatic nitrogens is 1. The molecule has 0 unspecified atom stereocenters.